The van der Waals surface area contributed by atoms with Gasteiger partial charge in [-0.25, -0.2) is 0 Å². The van der Waals surface area contributed by atoms with E-state index in [-0.39, 0.29) is 6.10 Å². The second-order valence-corrected chi connectivity index (χ2v) is 6.37. The molecule has 94 valence electrons. The fourth-order valence-electron chi connectivity index (χ4n) is 3.90. The molecular weight excluding hydrogens is 198 g/mol. The minimum absolute atomic E-state index is 0.0150. The molecule has 0 aromatic rings. The summed E-state index contributed by atoms with van der Waals surface area (Å²) in [4.78, 5) is 2.54. The first-order valence-electron chi connectivity index (χ1n) is 6.94. The van der Waals surface area contributed by atoms with Crippen molar-refractivity contribution >= 4 is 0 Å². The molecule has 0 aromatic carbocycles. The quantitative estimate of drug-likeness (QED) is 0.794. The first-order chi connectivity index (χ1) is 7.50. The normalized spacial score (nSPS) is 38.2. The van der Waals surface area contributed by atoms with Crippen molar-refractivity contribution < 1.29 is 5.11 Å². The summed E-state index contributed by atoms with van der Waals surface area (Å²) in [7, 11) is 0. The number of hydrogen-bond acceptors (Lipinski definition) is 2. The molecular formula is C14H27NO. The zero-order valence-electron chi connectivity index (χ0n) is 11.2. The summed E-state index contributed by atoms with van der Waals surface area (Å²) in [5.74, 6) is 1.97. The maximum absolute atomic E-state index is 10.3. The fraction of sp³-hybridized carbons (Fsp3) is 1.00. The molecule has 4 unspecified atom stereocenters. The molecule has 16 heavy (non-hydrogen) atoms. The molecule has 2 nitrogen and oxygen atoms in total. The summed E-state index contributed by atoms with van der Waals surface area (Å²) >= 11 is 0. The molecule has 2 aliphatic rings. The number of rotatable bonds is 4. The number of aliphatic hydroxyl groups excluding tert-OH is 1. The number of nitrogens with zero attached hydrogens (tertiary/aromatic N) is 1. The van der Waals surface area contributed by atoms with E-state index in [9.17, 15) is 5.11 Å². The predicted molar refractivity (Wildman–Crippen MR) is 67.3 cm³/mol. The molecule has 0 spiro atoms. The Bertz CT molecular complexity index is 229. The van der Waals surface area contributed by atoms with Gasteiger partial charge in [-0.1, -0.05) is 0 Å². The van der Waals surface area contributed by atoms with Gasteiger partial charge in [-0.05, 0) is 58.8 Å². The van der Waals surface area contributed by atoms with Gasteiger partial charge in [0.15, 0.2) is 0 Å². The zero-order valence-corrected chi connectivity index (χ0v) is 11.2. The van der Waals surface area contributed by atoms with Crippen molar-refractivity contribution in [2.75, 3.05) is 6.54 Å². The summed E-state index contributed by atoms with van der Waals surface area (Å²) in [6, 6.07) is 1.18. The van der Waals surface area contributed by atoms with Crippen molar-refractivity contribution in [2.24, 2.45) is 17.8 Å². The largest absolute Gasteiger partial charge is 0.392 e. The van der Waals surface area contributed by atoms with E-state index in [0.717, 1.165) is 12.5 Å². The highest BCUT2D eigenvalue weighted by molar-refractivity contribution is 4.98. The van der Waals surface area contributed by atoms with E-state index in [4.69, 9.17) is 0 Å². The Hall–Kier alpha value is -0.0800. The fourth-order valence-corrected chi connectivity index (χ4v) is 3.90. The van der Waals surface area contributed by atoms with Crippen LogP contribution in [0.1, 0.15) is 47.0 Å². The van der Waals surface area contributed by atoms with Crippen LogP contribution in [0, 0.1) is 17.8 Å². The second kappa shape index (κ2) is 4.66. The molecule has 0 saturated heterocycles. The van der Waals surface area contributed by atoms with E-state index in [1.807, 2.05) is 0 Å². The van der Waals surface area contributed by atoms with Crippen LogP contribution in [0.4, 0.5) is 0 Å². The SMILES string of the molecule is CC(C)N(CC1C2CCC(C2)C1O)C(C)C. The van der Waals surface area contributed by atoms with Crippen LogP contribution in [0.15, 0.2) is 0 Å². The Morgan fingerprint density at radius 1 is 1.06 bits per heavy atom. The highest BCUT2D eigenvalue weighted by Crippen LogP contribution is 2.48. The highest BCUT2D eigenvalue weighted by Gasteiger charge is 2.47. The van der Waals surface area contributed by atoms with Crippen molar-refractivity contribution in [3.63, 3.8) is 0 Å². The summed E-state index contributed by atoms with van der Waals surface area (Å²) < 4.78 is 0. The Morgan fingerprint density at radius 3 is 2.06 bits per heavy atom. The van der Waals surface area contributed by atoms with E-state index in [2.05, 4.69) is 32.6 Å². The second-order valence-electron chi connectivity index (χ2n) is 6.37. The number of fused-ring (bicyclic) bond motifs is 2. The Kier molecular flexibility index (Phi) is 3.60. The van der Waals surface area contributed by atoms with Gasteiger partial charge in [0.05, 0.1) is 6.10 Å². The van der Waals surface area contributed by atoms with Crippen molar-refractivity contribution in [1.82, 2.24) is 4.90 Å². The molecule has 2 fully saturated rings. The standard InChI is InChI=1S/C14H27NO/c1-9(2)15(10(3)4)8-13-11-5-6-12(7-11)14(13)16/h9-14,16H,5-8H2,1-4H3. The topological polar surface area (TPSA) is 23.5 Å². The van der Waals surface area contributed by atoms with Crippen molar-refractivity contribution in [3.05, 3.63) is 0 Å². The van der Waals surface area contributed by atoms with Gasteiger partial charge >= 0.3 is 0 Å². The van der Waals surface area contributed by atoms with Crippen LogP contribution < -0.4 is 0 Å². The average Bonchev–Trinajstić information content (AvgIpc) is 2.74. The molecule has 2 saturated carbocycles. The number of hydrogen-bond donors (Lipinski definition) is 1. The Morgan fingerprint density at radius 2 is 1.62 bits per heavy atom. The first kappa shape index (κ1) is 12.4. The minimum Gasteiger partial charge on any atom is -0.392 e. The Balaban J connectivity index is 1.98. The third-order valence-electron chi connectivity index (χ3n) is 4.79. The molecule has 0 radical (unpaired) electrons. The number of aliphatic hydroxyl groups is 1. The summed E-state index contributed by atoms with van der Waals surface area (Å²) in [5.41, 5.74) is 0. The lowest BCUT2D eigenvalue weighted by molar-refractivity contribution is 0.0236. The molecule has 2 aliphatic carbocycles. The maximum Gasteiger partial charge on any atom is 0.0611 e. The smallest absolute Gasteiger partial charge is 0.0611 e. The lowest BCUT2D eigenvalue weighted by Gasteiger charge is -2.37. The van der Waals surface area contributed by atoms with Gasteiger partial charge in [-0.15, -0.1) is 0 Å². The van der Waals surface area contributed by atoms with Gasteiger partial charge in [0.1, 0.15) is 0 Å². The molecule has 0 aromatic heterocycles. The molecule has 1 N–H and O–H groups in total. The van der Waals surface area contributed by atoms with Crippen LogP contribution in [0.2, 0.25) is 0 Å². The van der Waals surface area contributed by atoms with Gasteiger partial charge in [0.25, 0.3) is 0 Å². The van der Waals surface area contributed by atoms with E-state index in [1.54, 1.807) is 0 Å². The summed E-state index contributed by atoms with van der Waals surface area (Å²) in [6.45, 7) is 10.1. The molecule has 2 rings (SSSR count). The van der Waals surface area contributed by atoms with E-state index < -0.39 is 0 Å². The van der Waals surface area contributed by atoms with Crippen molar-refractivity contribution in [2.45, 2.75) is 65.1 Å². The third kappa shape index (κ3) is 2.14. The lowest BCUT2D eigenvalue weighted by atomic mass is 9.85. The Labute approximate surface area is 100 Å². The van der Waals surface area contributed by atoms with Crippen LogP contribution in [0.3, 0.4) is 0 Å². The summed E-state index contributed by atoms with van der Waals surface area (Å²) in [5, 5.41) is 10.3. The van der Waals surface area contributed by atoms with Gasteiger partial charge in [-0.3, -0.25) is 4.90 Å². The average molecular weight is 225 g/mol. The van der Waals surface area contributed by atoms with Gasteiger partial charge in [0, 0.05) is 24.5 Å². The summed E-state index contributed by atoms with van der Waals surface area (Å²) in [6.07, 6.45) is 3.90. The monoisotopic (exact) mass is 225 g/mol. The van der Waals surface area contributed by atoms with E-state index >= 15 is 0 Å². The van der Waals surface area contributed by atoms with Crippen LogP contribution in [-0.2, 0) is 0 Å². The lowest BCUT2D eigenvalue weighted by Crippen LogP contribution is -2.44. The van der Waals surface area contributed by atoms with Crippen molar-refractivity contribution in [1.29, 1.82) is 0 Å². The van der Waals surface area contributed by atoms with Crippen LogP contribution in [0.25, 0.3) is 0 Å². The van der Waals surface area contributed by atoms with Gasteiger partial charge < -0.3 is 5.11 Å². The minimum atomic E-state index is -0.0150. The zero-order chi connectivity index (χ0) is 11.9. The van der Waals surface area contributed by atoms with E-state index in [0.29, 0.717) is 23.9 Å². The van der Waals surface area contributed by atoms with E-state index in [1.165, 1.54) is 19.3 Å². The molecule has 0 aliphatic heterocycles. The van der Waals surface area contributed by atoms with Crippen LogP contribution in [0.5, 0.6) is 0 Å². The molecule has 2 heteroatoms. The van der Waals surface area contributed by atoms with Gasteiger partial charge in [-0.2, -0.15) is 0 Å². The predicted octanol–water partition coefficient (Wildman–Crippen LogP) is 2.51. The van der Waals surface area contributed by atoms with Crippen LogP contribution >= 0.6 is 0 Å². The van der Waals surface area contributed by atoms with Crippen molar-refractivity contribution in [3.8, 4) is 0 Å². The molecule has 4 atom stereocenters. The van der Waals surface area contributed by atoms with Crippen LogP contribution in [-0.4, -0.2) is 34.7 Å². The molecule has 0 amide bonds. The first-order valence-corrected chi connectivity index (χ1v) is 6.94. The molecule has 0 heterocycles. The highest BCUT2D eigenvalue weighted by atomic mass is 16.3. The molecule has 2 bridgehead atoms. The third-order valence-corrected chi connectivity index (χ3v) is 4.79. The van der Waals surface area contributed by atoms with Gasteiger partial charge in [0.2, 0.25) is 0 Å². The maximum atomic E-state index is 10.3.